The highest BCUT2D eigenvalue weighted by atomic mass is 16.5. The summed E-state index contributed by atoms with van der Waals surface area (Å²) in [4.78, 5) is 25.2. The predicted molar refractivity (Wildman–Crippen MR) is 146 cm³/mol. The van der Waals surface area contributed by atoms with Crippen molar-refractivity contribution < 1.29 is 14.3 Å². The number of fused-ring (bicyclic) bond motifs is 1. The number of rotatable bonds is 6. The van der Waals surface area contributed by atoms with Crippen LogP contribution in [0.2, 0.25) is 0 Å². The molecular formula is C31H25N3O3. The molecule has 0 aliphatic rings. The van der Waals surface area contributed by atoms with Crippen molar-refractivity contribution in [3.05, 3.63) is 131 Å². The standard InChI is InChI=1S/C31H25N3O3/c1-21-10-11-22(2)34(21)26-16-14-25(15-17-26)30(35)33-32-20-23-12-18-27(19-13-23)37-31(36)29-9-5-7-24-6-3-4-8-28(24)29/h3-20H,1-2H3,(H,33,35)/b32-20+. The number of carbonyl (C=O) groups excluding carboxylic acids is 2. The molecule has 1 aromatic heterocycles. The SMILES string of the molecule is Cc1ccc(C)n1-c1ccc(C(=O)N/N=C/c2ccc(OC(=O)c3cccc4ccccc34)cc2)cc1. The molecule has 0 radical (unpaired) electrons. The molecule has 0 bridgehead atoms. The zero-order valence-electron chi connectivity index (χ0n) is 20.5. The Labute approximate surface area is 214 Å². The summed E-state index contributed by atoms with van der Waals surface area (Å²) in [6.07, 6.45) is 1.54. The second-order valence-electron chi connectivity index (χ2n) is 8.68. The molecule has 0 saturated heterocycles. The number of benzene rings is 4. The Bertz CT molecular complexity index is 1590. The number of carbonyl (C=O) groups is 2. The molecule has 0 unspecified atom stereocenters. The molecule has 5 aromatic rings. The fourth-order valence-corrected chi connectivity index (χ4v) is 4.25. The number of hydrogen-bond acceptors (Lipinski definition) is 4. The third kappa shape index (κ3) is 5.18. The highest BCUT2D eigenvalue weighted by Crippen LogP contribution is 2.21. The average Bonchev–Trinajstić information content (AvgIpc) is 3.26. The lowest BCUT2D eigenvalue weighted by Crippen LogP contribution is -2.17. The minimum atomic E-state index is -0.418. The summed E-state index contributed by atoms with van der Waals surface area (Å²) in [7, 11) is 0. The number of hydrazone groups is 1. The molecule has 1 heterocycles. The molecule has 0 aliphatic carbocycles. The second kappa shape index (κ2) is 10.3. The molecule has 4 aromatic carbocycles. The van der Waals surface area contributed by atoms with Crippen LogP contribution in [0.15, 0.2) is 108 Å². The van der Waals surface area contributed by atoms with Crippen LogP contribution in [0.3, 0.4) is 0 Å². The zero-order valence-corrected chi connectivity index (χ0v) is 20.5. The summed E-state index contributed by atoms with van der Waals surface area (Å²) in [5, 5.41) is 5.88. The Kier molecular flexibility index (Phi) is 6.64. The van der Waals surface area contributed by atoms with Crippen molar-refractivity contribution in [2.75, 3.05) is 0 Å². The topological polar surface area (TPSA) is 72.7 Å². The van der Waals surface area contributed by atoms with Crippen LogP contribution in [0.1, 0.15) is 37.7 Å². The van der Waals surface area contributed by atoms with Crippen LogP contribution >= 0.6 is 0 Å². The van der Waals surface area contributed by atoms with Crippen molar-refractivity contribution in [1.29, 1.82) is 0 Å². The summed E-state index contributed by atoms with van der Waals surface area (Å²) in [6.45, 7) is 4.09. The van der Waals surface area contributed by atoms with Crippen LogP contribution in [0.25, 0.3) is 16.5 Å². The van der Waals surface area contributed by atoms with E-state index in [-0.39, 0.29) is 5.91 Å². The molecule has 0 atom stereocenters. The maximum absolute atomic E-state index is 12.7. The van der Waals surface area contributed by atoms with E-state index in [0.717, 1.165) is 33.4 Å². The molecule has 6 nitrogen and oxygen atoms in total. The Hall–Kier alpha value is -4.97. The monoisotopic (exact) mass is 487 g/mol. The number of nitrogens with one attached hydrogen (secondary N) is 1. The van der Waals surface area contributed by atoms with Gasteiger partial charge >= 0.3 is 5.97 Å². The summed E-state index contributed by atoms with van der Waals surface area (Å²) in [6, 6.07) is 31.6. The van der Waals surface area contributed by atoms with E-state index in [4.69, 9.17) is 4.74 Å². The molecule has 0 fully saturated rings. The summed E-state index contributed by atoms with van der Waals surface area (Å²) >= 11 is 0. The summed E-state index contributed by atoms with van der Waals surface area (Å²) in [5.74, 6) is -0.296. The van der Waals surface area contributed by atoms with Crippen LogP contribution in [-0.2, 0) is 0 Å². The van der Waals surface area contributed by atoms with Gasteiger partial charge in [0.25, 0.3) is 5.91 Å². The Morgan fingerprint density at radius 2 is 1.46 bits per heavy atom. The zero-order chi connectivity index (χ0) is 25.8. The molecule has 0 aliphatic heterocycles. The molecule has 5 rings (SSSR count). The van der Waals surface area contributed by atoms with Crippen molar-refractivity contribution in [3.8, 4) is 11.4 Å². The third-order valence-corrected chi connectivity index (χ3v) is 6.14. The van der Waals surface area contributed by atoms with Gasteiger partial charge in [-0.2, -0.15) is 5.10 Å². The highest BCUT2D eigenvalue weighted by Gasteiger charge is 2.12. The van der Waals surface area contributed by atoms with Gasteiger partial charge in [0.15, 0.2) is 0 Å². The van der Waals surface area contributed by atoms with E-state index in [1.807, 2.05) is 62.4 Å². The Morgan fingerprint density at radius 1 is 0.784 bits per heavy atom. The van der Waals surface area contributed by atoms with E-state index in [1.165, 1.54) is 6.21 Å². The van der Waals surface area contributed by atoms with Crippen molar-refractivity contribution >= 4 is 28.9 Å². The van der Waals surface area contributed by atoms with Gasteiger partial charge in [-0.05, 0) is 96.9 Å². The number of esters is 1. The van der Waals surface area contributed by atoms with Crippen molar-refractivity contribution in [2.24, 2.45) is 5.10 Å². The number of nitrogens with zero attached hydrogens (tertiary/aromatic N) is 2. The van der Waals surface area contributed by atoms with Gasteiger partial charge in [0.1, 0.15) is 5.75 Å². The number of hydrogen-bond donors (Lipinski definition) is 1. The smallest absolute Gasteiger partial charge is 0.344 e. The number of aromatic nitrogens is 1. The van der Waals surface area contributed by atoms with Gasteiger partial charge in [0, 0.05) is 22.6 Å². The van der Waals surface area contributed by atoms with E-state index in [2.05, 4.69) is 27.2 Å². The van der Waals surface area contributed by atoms with E-state index >= 15 is 0 Å². The van der Waals surface area contributed by atoms with Crippen LogP contribution in [0.4, 0.5) is 0 Å². The van der Waals surface area contributed by atoms with E-state index in [1.54, 1.807) is 42.5 Å². The van der Waals surface area contributed by atoms with Crippen LogP contribution in [0, 0.1) is 13.8 Å². The quantitative estimate of drug-likeness (QED) is 0.134. The minimum Gasteiger partial charge on any atom is -0.423 e. The molecule has 1 N–H and O–H groups in total. The van der Waals surface area contributed by atoms with Crippen molar-refractivity contribution in [2.45, 2.75) is 13.8 Å². The first-order valence-corrected chi connectivity index (χ1v) is 11.9. The number of amides is 1. The first-order chi connectivity index (χ1) is 18.0. The maximum Gasteiger partial charge on any atom is 0.344 e. The van der Waals surface area contributed by atoms with Crippen molar-refractivity contribution in [1.82, 2.24) is 9.99 Å². The first-order valence-electron chi connectivity index (χ1n) is 11.9. The molecule has 1 amide bonds. The lowest BCUT2D eigenvalue weighted by molar-refractivity contribution is 0.0736. The van der Waals surface area contributed by atoms with Gasteiger partial charge in [0.2, 0.25) is 0 Å². The molecule has 0 spiro atoms. The average molecular weight is 488 g/mol. The Balaban J connectivity index is 1.19. The van der Waals surface area contributed by atoms with Crippen LogP contribution in [0.5, 0.6) is 5.75 Å². The van der Waals surface area contributed by atoms with Gasteiger partial charge in [-0.15, -0.1) is 0 Å². The van der Waals surface area contributed by atoms with Gasteiger partial charge in [-0.1, -0.05) is 36.4 Å². The predicted octanol–water partition coefficient (Wildman–Crippen LogP) is 6.23. The van der Waals surface area contributed by atoms with E-state index in [9.17, 15) is 9.59 Å². The van der Waals surface area contributed by atoms with Gasteiger partial charge in [-0.3, -0.25) is 4.79 Å². The molecule has 37 heavy (non-hydrogen) atoms. The van der Waals surface area contributed by atoms with Gasteiger partial charge in [-0.25, -0.2) is 10.2 Å². The van der Waals surface area contributed by atoms with E-state index in [0.29, 0.717) is 16.9 Å². The molecule has 0 saturated carbocycles. The van der Waals surface area contributed by atoms with Gasteiger partial charge < -0.3 is 9.30 Å². The normalized spacial score (nSPS) is 11.1. The first kappa shape index (κ1) is 23.8. The highest BCUT2D eigenvalue weighted by molar-refractivity contribution is 6.05. The molecule has 182 valence electrons. The van der Waals surface area contributed by atoms with Gasteiger partial charge in [0.05, 0.1) is 11.8 Å². The minimum absolute atomic E-state index is 0.301. The fraction of sp³-hybridized carbons (Fsp3) is 0.0645. The number of aryl methyl sites for hydroxylation is 2. The van der Waals surface area contributed by atoms with E-state index < -0.39 is 5.97 Å². The van der Waals surface area contributed by atoms with Crippen LogP contribution < -0.4 is 10.2 Å². The lowest BCUT2D eigenvalue weighted by atomic mass is 10.0. The van der Waals surface area contributed by atoms with Crippen molar-refractivity contribution in [3.63, 3.8) is 0 Å². The summed E-state index contributed by atoms with van der Waals surface area (Å²) in [5.41, 5.74) is 7.59. The number of ether oxygens (including phenoxy) is 1. The van der Waals surface area contributed by atoms with Crippen LogP contribution in [-0.4, -0.2) is 22.7 Å². The molecule has 6 heteroatoms. The lowest BCUT2D eigenvalue weighted by Gasteiger charge is -2.10. The Morgan fingerprint density at radius 3 is 2.19 bits per heavy atom. The second-order valence-corrected chi connectivity index (χ2v) is 8.68. The molecular weight excluding hydrogens is 462 g/mol. The third-order valence-electron chi connectivity index (χ3n) is 6.14. The fourth-order valence-electron chi connectivity index (χ4n) is 4.25. The largest absolute Gasteiger partial charge is 0.423 e. The summed E-state index contributed by atoms with van der Waals surface area (Å²) < 4.78 is 7.69. The maximum atomic E-state index is 12.7.